The van der Waals surface area contributed by atoms with E-state index >= 15 is 0 Å². The molecule has 1 aliphatic heterocycles. The van der Waals surface area contributed by atoms with Gasteiger partial charge in [-0.15, -0.1) is 0 Å². The van der Waals surface area contributed by atoms with Crippen LogP contribution in [0.15, 0.2) is 4.99 Å². The average molecular weight is 143 g/mol. The number of carbonyl (C=O) groups is 1. The number of amides is 1. The minimum Gasteiger partial charge on any atom is -0.382 e. The van der Waals surface area contributed by atoms with E-state index in [1.807, 2.05) is 0 Å². The lowest BCUT2D eigenvalue weighted by atomic mass is 10.3. The summed E-state index contributed by atoms with van der Waals surface area (Å²) < 4.78 is 4.72. The van der Waals surface area contributed by atoms with Crippen LogP contribution < -0.4 is 11.1 Å². The lowest BCUT2D eigenvalue weighted by molar-refractivity contribution is -0.121. The van der Waals surface area contributed by atoms with Gasteiger partial charge in [-0.2, -0.15) is 0 Å². The van der Waals surface area contributed by atoms with Gasteiger partial charge in [-0.25, -0.2) is 4.99 Å². The zero-order valence-electron chi connectivity index (χ0n) is 5.63. The molecule has 0 aromatic heterocycles. The molecule has 1 atom stereocenters. The third kappa shape index (κ3) is 1.24. The number of nitrogens with one attached hydrogen (secondary N) is 1. The van der Waals surface area contributed by atoms with Gasteiger partial charge in [-0.1, -0.05) is 0 Å². The Hall–Kier alpha value is -1.10. The maximum Gasteiger partial charge on any atom is 0.253 e. The summed E-state index contributed by atoms with van der Waals surface area (Å²) in [4.78, 5) is 14.6. The van der Waals surface area contributed by atoms with Gasteiger partial charge in [0.2, 0.25) is 0 Å². The minimum absolute atomic E-state index is 0.173. The molecule has 1 heterocycles. The van der Waals surface area contributed by atoms with Crippen LogP contribution in [0.25, 0.3) is 0 Å². The molecular formula is C5H9N3O2. The molecule has 0 spiro atoms. The lowest BCUT2D eigenvalue weighted by Gasteiger charge is -1.99. The van der Waals surface area contributed by atoms with Gasteiger partial charge < -0.3 is 10.5 Å². The van der Waals surface area contributed by atoms with Crippen molar-refractivity contribution < 1.29 is 9.53 Å². The van der Waals surface area contributed by atoms with Crippen LogP contribution in [-0.4, -0.2) is 31.6 Å². The number of ether oxygens (including phenoxy) is 1. The first-order chi connectivity index (χ1) is 4.74. The fourth-order valence-electron chi connectivity index (χ4n) is 0.739. The molecule has 3 N–H and O–H groups in total. The average Bonchev–Trinajstić information content (AvgIpc) is 2.13. The molecule has 0 aromatic carbocycles. The van der Waals surface area contributed by atoms with Crippen LogP contribution >= 0.6 is 0 Å². The first-order valence-corrected chi connectivity index (χ1v) is 2.87. The Labute approximate surface area is 58.3 Å². The van der Waals surface area contributed by atoms with Gasteiger partial charge in [0, 0.05) is 7.11 Å². The highest BCUT2D eigenvalue weighted by atomic mass is 16.5. The molecule has 0 bridgehead atoms. The largest absolute Gasteiger partial charge is 0.382 e. The summed E-state index contributed by atoms with van der Waals surface area (Å²) >= 11 is 0. The summed E-state index contributed by atoms with van der Waals surface area (Å²) in [5, 5.41) is 2.36. The third-order valence-electron chi connectivity index (χ3n) is 1.17. The van der Waals surface area contributed by atoms with Crippen LogP contribution in [0, 0.1) is 0 Å². The van der Waals surface area contributed by atoms with Gasteiger partial charge in [-0.3, -0.25) is 10.1 Å². The summed E-state index contributed by atoms with van der Waals surface area (Å²) in [7, 11) is 1.51. The van der Waals surface area contributed by atoms with Gasteiger partial charge in [0.05, 0.1) is 6.61 Å². The van der Waals surface area contributed by atoms with E-state index in [1.165, 1.54) is 7.11 Å². The van der Waals surface area contributed by atoms with Crippen molar-refractivity contribution in [1.82, 2.24) is 5.32 Å². The van der Waals surface area contributed by atoms with Crippen molar-refractivity contribution in [2.75, 3.05) is 13.7 Å². The number of methoxy groups -OCH3 is 1. The van der Waals surface area contributed by atoms with Crippen LogP contribution in [0.1, 0.15) is 0 Å². The topological polar surface area (TPSA) is 76.7 Å². The number of nitrogens with zero attached hydrogens (tertiary/aromatic N) is 1. The molecule has 0 aliphatic carbocycles. The molecule has 1 aliphatic rings. The van der Waals surface area contributed by atoms with Crippen molar-refractivity contribution in [1.29, 1.82) is 0 Å². The number of hydrogen-bond donors (Lipinski definition) is 2. The normalized spacial score (nSPS) is 24.3. The van der Waals surface area contributed by atoms with Crippen molar-refractivity contribution in [2.45, 2.75) is 6.04 Å². The minimum atomic E-state index is -0.454. The summed E-state index contributed by atoms with van der Waals surface area (Å²) in [6, 6.07) is -0.454. The maximum absolute atomic E-state index is 10.8. The monoisotopic (exact) mass is 143 g/mol. The van der Waals surface area contributed by atoms with Gasteiger partial charge >= 0.3 is 0 Å². The molecule has 10 heavy (non-hydrogen) atoms. The molecule has 0 saturated carbocycles. The second-order valence-electron chi connectivity index (χ2n) is 1.97. The van der Waals surface area contributed by atoms with Gasteiger partial charge in [0.1, 0.15) is 0 Å². The van der Waals surface area contributed by atoms with Gasteiger partial charge in [0.15, 0.2) is 12.0 Å². The Bertz CT molecular complexity index is 178. The number of carbonyl (C=O) groups excluding carboxylic acids is 1. The molecule has 56 valence electrons. The molecule has 0 saturated heterocycles. The number of rotatable bonds is 2. The van der Waals surface area contributed by atoms with E-state index < -0.39 is 6.04 Å². The van der Waals surface area contributed by atoms with E-state index in [1.54, 1.807) is 0 Å². The quantitative estimate of drug-likeness (QED) is 0.491. The highest BCUT2D eigenvalue weighted by Gasteiger charge is 2.23. The summed E-state index contributed by atoms with van der Waals surface area (Å²) in [6.45, 7) is 0.284. The Balaban J connectivity index is 2.52. The van der Waals surface area contributed by atoms with E-state index in [-0.39, 0.29) is 18.5 Å². The molecule has 1 rings (SSSR count). The second kappa shape index (κ2) is 2.66. The predicted octanol–water partition coefficient (Wildman–Crippen LogP) is -1.55. The number of aliphatic imine (C=N–C) groups is 1. The number of nitrogens with two attached hydrogens (primary N) is 1. The zero-order chi connectivity index (χ0) is 7.56. The SMILES string of the molecule is COCC1N=C(N)NC1=O. The van der Waals surface area contributed by atoms with Crippen molar-refractivity contribution in [2.24, 2.45) is 10.7 Å². The van der Waals surface area contributed by atoms with E-state index in [0.29, 0.717) is 0 Å². The molecule has 0 aromatic rings. The molecular weight excluding hydrogens is 134 g/mol. The first-order valence-electron chi connectivity index (χ1n) is 2.87. The molecule has 0 radical (unpaired) electrons. The first kappa shape index (κ1) is 7.01. The van der Waals surface area contributed by atoms with Crippen LogP contribution in [0.5, 0.6) is 0 Å². The molecule has 5 nitrogen and oxygen atoms in total. The molecule has 0 fully saturated rings. The van der Waals surface area contributed by atoms with E-state index in [0.717, 1.165) is 0 Å². The Kier molecular flexibility index (Phi) is 1.86. The Morgan fingerprint density at radius 3 is 3.00 bits per heavy atom. The van der Waals surface area contributed by atoms with E-state index in [2.05, 4.69) is 10.3 Å². The second-order valence-corrected chi connectivity index (χ2v) is 1.97. The fourth-order valence-corrected chi connectivity index (χ4v) is 0.739. The fraction of sp³-hybridized carbons (Fsp3) is 0.600. The highest BCUT2D eigenvalue weighted by molar-refractivity contribution is 6.04. The molecule has 1 unspecified atom stereocenters. The molecule has 1 amide bonds. The standard InChI is InChI=1S/C5H9N3O2/c1-10-2-3-4(9)8-5(6)7-3/h3H,2H2,1H3,(H3,6,7,8,9). The van der Waals surface area contributed by atoms with Gasteiger partial charge in [0.25, 0.3) is 5.91 Å². The smallest absolute Gasteiger partial charge is 0.253 e. The summed E-state index contributed by atoms with van der Waals surface area (Å²) in [5.74, 6) is -0.0219. The van der Waals surface area contributed by atoms with E-state index in [4.69, 9.17) is 10.5 Å². The molecule has 5 heteroatoms. The van der Waals surface area contributed by atoms with Crippen LogP contribution in [0.2, 0.25) is 0 Å². The maximum atomic E-state index is 10.8. The van der Waals surface area contributed by atoms with Crippen molar-refractivity contribution >= 4 is 11.9 Å². The zero-order valence-corrected chi connectivity index (χ0v) is 5.63. The summed E-state index contributed by atoms with van der Waals surface area (Å²) in [5.41, 5.74) is 5.21. The van der Waals surface area contributed by atoms with Crippen LogP contribution in [0.4, 0.5) is 0 Å². The number of hydrogen-bond acceptors (Lipinski definition) is 4. The number of guanidine groups is 1. The predicted molar refractivity (Wildman–Crippen MR) is 35.4 cm³/mol. The Morgan fingerprint density at radius 1 is 1.90 bits per heavy atom. The Morgan fingerprint density at radius 2 is 2.60 bits per heavy atom. The van der Waals surface area contributed by atoms with Crippen LogP contribution in [0.3, 0.4) is 0 Å². The van der Waals surface area contributed by atoms with Crippen molar-refractivity contribution in [3.63, 3.8) is 0 Å². The van der Waals surface area contributed by atoms with E-state index in [9.17, 15) is 4.79 Å². The third-order valence-corrected chi connectivity index (χ3v) is 1.17. The van der Waals surface area contributed by atoms with Gasteiger partial charge in [-0.05, 0) is 0 Å². The van der Waals surface area contributed by atoms with Crippen molar-refractivity contribution in [3.8, 4) is 0 Å². The lowest BCUT2D eigenvalue weighted by Crippen LogP contribution is -2.34. The van der Waals surface area contributed by atoms with Crippen molar-refractivity contribution in [3.05, 3.63) is 0 Å². The van der Waals surface area contributed by atoms with Crippen LogP contribution in [-0.2, 0) is 9.53 Å². The summed E-state index contributed by atoms with van der Waals surface area (Å²) in [6.07, 6.45) is 0. The highest BCUT2D eigenvalue weighted by Crippen LogP contribution is 1.97.